The Balaban J connectivity index is 0.00000112. The Morgan fingerprint density at radius 3 is 2.27 bits per heavy atom. The van der Waals surface area contributed by atoms with E-state index in [4.69, 9.17) is 5.11 Å². The summed E-state index contributed by atoms with van der Waals surface area (Å²) in [6.45, 7) is 0. The predicted molar refractivity (Wildman–Crippen MR) is 48.8 cm³/mol. The molecule has 0 aliphatic carbocycles. The van der Waals surface area contributed by atoms with Gasteiger partial charge in [0.25, 0.3) is 0 Å². The fourth-order valence-corrected chi connectivity index (χ4v) is 1.30. The molecule has 1 aromatic rings. The summed E-state index contributed by atoms with van der Waals surface area (Å²) in [6, 6.07) is 3.35. The molecular weight excluding hydrogens is 217 g/mol. The van der Waals surface area contributed by atoms with E-state index in [1.54, 1.807) is 0 Å². The molecular formula is C9H7F2NaO3. The molecule has 1 aliphatic heterocycles. The van der Waals surface area contributed by atoms with Gasteiger partial charge in [-0.2, -0.15) is 0 Å². The first-order valence-electron chi connectivity index (χ1n) is 3.93. The summed E-state index contributed by atoms with van der Waals surface area (Å²) in [4.78, 5) is 10.4. The molecule has 0 saturated carbocycles. The van der Waals surface area contributed by atoms with Gasteiger partial charge < -0.3 is 9.84 Å². The van der Waals surface area contributed by atoms with E-state index in [0.29, 0.717) is 0 Å². The topological polar surface area (TPSA) is 49.8 Å². The summed E-state index contributed by atoms with van der Waals surface area (Å²) in [5, 5.41) is 8.50. The second kappa shape index (κ2) is 4.57. The van der Waals surface area contributed by atoms with E-state index in [2.05, 4.69) is 4.74 Å². The molecule has 1 aliphatic rings. The van der Waals surface area contributed by atoms with E-state index in [1.165, 1.54) is 6.07 Å². The molecule has 1 saturated heterocycles. The van der Waals surface area contributed by atoms with Crippen molar-refractivity contribution in [1.29, 1.82) is 0 Å². The van der Waals surface area contributed by atoms with Crippen molar-refractivity contribution in [3.63, 3.8) is 0 Å². The Labute approximate surface area is 106 Å². The molecule has 0 aromatic heterocycles. The van der Waals surface area contributed by atoms with Gasteiger partial charge in [0.2, 0.25) is 0 Å². The van der Waals surface area contributed by atoms with Gasteiger partial charge in [0.15, 0.2) is 6.10 Å². The van der Waals surface area contributed by atoms with Crippen molar-refractivity contribution in [2.24, 2.45) is 0 Å². The monoisotopic (exact) mass is 224 g/mol. The van der Waals surface area contributed by atoms with E-state index >= 15 is 0 Å². The summed E-state index contributed by atoms with van der Waals surface area (Å²) in [5.74, 6) is -2.77. The van der Waals surface area contributed by atoms with E-state index in [9.17, 15) is 13.6 Å². The molecule has 0 amide bonds. The van der Waals surface area contributed by atoms with Gasteiger partial charge in [-0.3, -0.25) is 0 Å². The zero-order chi connectivity index (χ0) is 10.3. The molecule has 1 fully saturated rings. The molecule has 76 valence electrons. The summed E-state index contributed by atoms with van der Waals surface area (Å²) >= 11 is 0. The molecule has 1 aromatic carbocycles. The molecule has 2 atom stereocenters. The summed E-state index contributed by atoms with van der Waals surface area (Å²) in [7, 11) is 0. The Morgan fingerprint density at radius 2 is 1.87 bits per heavy atom. The van der Waals surface area contributed by atoms with Crippen molar-refractivity contribution in [2.75, 3.05) is 0 Å². The van der Waals surface area contributed by atoms with Crippen molar-refractivity contribution in [1.82, 2.24) is 0 Å². The van der Waals surface area contributed by atoms with Crippen LogP contribution in [0.1, 0.15) is 11.7 Å². The number of carbonyl (C=O) groups is 1. The molecule has 3 nitrogen and oxygen atoms in total. The molecule has 1 N–H and O–H groups in total. The molecule has 1 heterocycles. The number of aliphatic carboxylic acids is 1. The van der Waals surface area contributed by atoms with Crippen LogP contribution in [0.3, 0.4) is 0 Å². The van der Waals surface area contributed by atoms with Crippen LogP contribution in [0.15, 0.2) is 18.2 Å². The normalized spacial score (nSPS) is 23.1. The number of hydrogen-bond donors (Lipinski definition) is 1. The van der Waals surface area contributed by atoms with Crippen LogP contribution in [-0.2, 0) is 9.53 Å². The summed E-state index contributed by atoms with van der Waals surface area (Å²) in [6.07, 6.45) is -2.12. The molecule has 0 radical (unpaired) electrons. The van der Waals surface area contributed by atoms with Gasteiger partial charge in [0.05, 0.1) is 5.56 Å². The van der Waals surface area contributed by atoms with Crippen LogP contribution >= 0.6 is 0 Å². The third-order valence-electron chi connectivity index (χ3n) is 2.02. The fourth-order valence-electron chi connectivity index (χ4n) is 1.30. The average Bonchev–Trinajstić information content (AvgIpc) is 2.83. The second-order valence-corrected chi connectivity index (χ2v) is 2.95. The maximum absolute atomic E-state index is 13.1. The quantitative estimate of drug-likeness (QED) is 0.598. The van der Waals surface area contributed by atoms with Crippen LogP contribution in [0, 0.1) is 11.6 Å². The third kappa shape index (κ3) is 2.36. The van der Waals surface area contributed by atoms with E-state index in [1.807, 2.05) is 0 Å². The summed E-state index contributed by atoms with van der Waals surface area (Å²) in [5.41, 5.74) is -0.306. The van der Waals surface area contributed by atoms with Crippen molar-refractivity contribution < 1.29 is 23.4 Å². The van der Waals surface area contributed by atoms with Gasteiger partial charge >= 0.3 is 35.5 Å². The van der Waals surface area contributed by atoms with Crippen LogP contribution in [0.25, 0.3) is 0 Å². The first-order chi connectivity index (χ1) is 6.61. The van der Waals surface area contributed by atoms with Crippen LogP contribution < -0.4 is 0 Å². The SMILES string of the molecule is O=C(O)C1OC1c1c(F)cccc1F.[NaH]. The number of ether oxygens (including phenoxy) is 1. The van der Waals surface area contributed by atoms with E-state index < -0.39 is 29.8 Å². The first kappa shape index (κ1) is 12.6. The molecule has 2 unspecified atom stereocenters. The first-order valence-corrected chi connectivity index (χ1v) is 3.93. The number of benzene rings is 1. The molecule has 6 heteroatoms. The van der Waals surface area contributed by atoms with Gasteiger partial charge in [-0.15, -0.1) is 0 Å². The molecule has 15 heavy (non-hydrogen) atoms. The Hall–Kier alpha value is -0.490. The van der Waals surface area contributed by atoms with Crippen LogP contribution in [-0.4, -0.2) is 46.7 Å². The van der Waals surface area contributed by atoms with Gasteiger partial charge in [0.1, 0.15) is 17.7 Å². The van der Waals surface area contributed by atoms with E-state index in [-0.39, 0.29) is 35.1 Å². The maximum atomic E-state index is 13.1. The number of carboxylic acids is 1. The minimum absolute atomic E-state index is 0. The van der Waals surface area contributed by atoms with Crippen molar-refractivity contribution in [3.8, 4) is 0 Å². The third-order valence-corrected chi connectivity index (χ3v) is 2.02. The fraction of sp³-hybridized carbons (Fsp3) is 0.222. The second-order valence-electron chi connectivity index (χ2n) is 2.95. The zero-order valence-electron chi connectivity index (χ0n) is 6.91. The predicted octanol–water partition coefficient (Wildman–Crippen LogP) is 0.841. The Kier molecular flexibility index (Phi) is 3.83. The van der Waals surface area contributed by atoms with Crippen LogP contribution in [0.4, 0.5) is 8.78 Å². The molecule has 0 bridgehead atoms. The number of carboxylic acid groups (broad SMARTS) is 1. The summed E-state index contributed by atoms with van der Waals surface area (Å²) < 4.78 is 30.8. The van der Waals surface area contributed by atoms with Gasteiger partial charge in [-0.1, -0.05) is 6.07 Å². The average molecular weight is 224 g/mol. The number of hydrogen-bond acceptors (Lipinski definition) is 2. The Morgan fingerprint density at radius 1 is 1.33 bits per heavy atom. The Bertz CT molecular complexity index is 377. The molecule has 2 rings (SSSR count). The van der Waals surface area contributed by atoms with Crippen molar-refractivity contribution >= 4 is 35.5 Å². The van der Waals surface area contributed by atoms with Crippen molar-refractivity contribution in [3.05, 3.63) is 35.4 Å². The minimum atomic E-state index is -1.21. The van der Waals surface area contributed by atoms with Gasteiger partial charge in [-0.05, 0) is 12.1 Å². The van der Waals surface area contributed by atoms with E-state index in [0.717, 1.165) is 12.1 Å². The van der Waals surface area contributed by atoms with Crippen LogP contribution in [0.2, 0.25) is 0 Å². The molecule has 0 spiro atoms. The number of halogens is 2. The van der Waals surface area contributed by atoms with Gasteiger partial charge in [0, 0.05) is 0 Å². The number of rotatable bonds is 2. The standard InChI is InChI=1S/C9H6F2O3.Na.H/c10-4-2-1-3-5(11)6(4)7-8(14-7)9(12)13;;/h1-3,7-8H,(H,12,13);;. The van der Waals surface area contributed by atoms with Crippen LogP contribution in [0.5, 0.6) is 0 Å². The number of epoxide rings is 1. The van der Waals surface area contributed by atoms with Crippen molar-refractivity contribution in [2.45, 2.75) is 12.2 Å². The zero-order valence-corrected chi connectivity index (χ0v) is 6.91. The van der Waals surface area contributed by atoms with Gasteiger partial charge in [-0.25, -0.2) is 13.6 Å².